The van der Waals surface area contributed by atoms with Crippen LogP contribution in [0.5, 0.6) is 11.5 Å². The number of ether oxygens (including phenoxy) is 1. The van der Waals surface area contributed by atoms with E-state index in [0.29, 0.717) is 22.7 Å². The molecule has 0 amide bonds. The zero-order valence-electron chi connectivity index (χ0n) is 49.5. The van der Waals surface area contributed by atoms with Crippen LogP contribution in [-0.2, 0) is 21.7 Å². The Kier molecular flexibility index (Phi) is 9.23. The van der Waals surface area contributed by atoms with Crippen molar-refractivity contribution in [1.29, 1.82) is 0 Å². The molecule has 1 aliphatic carbocycles. The zero-order chi connectivity index (χ0) is 56.1. The third-order valence-corrected chi connectivity index (χ3v) is 16.2. The molecule has 5 nitrogen and oxygen atoms in total. The summed E-state index contributed by atoms with van der Waals surface area (Å²) in [6.45, 7) is 22.8. The number of aromatic nitrogens is 4. The molecule has 0 atom stereocenters. The molecule has 0 unspecified atom stereocenters. The predicted octanol–water partition coefficient (Wildman–Crippen LogP) is 17.9. The first-order chi connectivity index (χ1) is 38.0. The highest BCUT2D eigenvalue weighted by Gasteiger charge is 2.39. The largest absolute Gasteiger partial charge is 0.458 e. The highest BCUT2D eigenvalue weighted by molar-refractivity contribution is 6.09. The third-order valence-electron chi connectivity index (χ3n) is 16.2. The average molecular weight is 982 g/mol. The third kappa shape index (κ3) is 7.64. The zero-order valence-corrected chi connectivity index (χ0v) is 44.5. The lowest BCUT2D eigenvalue weighted by Crippen LogP contribution is -2.34. The van der Waals surface area contributed by atoms with Gasteiger partial charge in [0.1, 0.15) is 17.3 Å². The fourth-order valence-corrected chi connectivity index (χ4v) is 11.9. The van der Waals surface area contributed by atoms with Gasteiger partial charge < -0.3 is 4.74 Å². The van der Waals surface area contributed by atoms with E-state index in [1.54, 1.807) is 0 Å². The second kappa shape index (κ2) is 16.7. The van der Waals surface area contributed by atoms with E-state index in [1.807, 2.05) is 42.6 Å². The number of imidazole rings is 1. The molecule has 3 aromatic heterocycles. The molecule has 75 heavy (non-hydrogen) atoms. The summed E-state index contributed by atoms with van der Waals surface area (Å²) < 4.78 is 58.9. The van der Waals surface area contributed by atoms with Crippen molar-refractivity contribution in [3.05, 3.63) is 211 Å². The standard InChI is InChI=1S/C70H64N4O/c1-67(2,3)45-32-35-71-64(38-45)74-61-29-17-16-26-53(61)54-31-30-49(40-62(54)74)75-48-23-18-22-47(39-48)72-43-73-65-50(44-20-12-11-13-21-44)27-19-28-55(65)57-42-60-59(69(7,8)33-34-70(60,9)10)41-56(57)51-24-14-15-25-52(51)58-36-46(68(4,5)6)37-63(72)66(58)73/h11-32,35-42H,33-34H2,1-10H3/i11D,12D,13D,20D,21D. The number of benzene rings is 8. The Morgan fingerprint density at radius 2 is 1.17 bits per heavy atom. The van der Waals surface area contributed by atoms with Crippen molar-refractivity contribution in [2.75, 3.05) is 0 Å². The Morgan fingerprint density at radius 1 is 0.547 bits per heavy atom. The fraction of sp³-hybridized carbons (Fsp3) is 0.229. The molecule has 0 radical (unpaired) electrons. The first-order valence-electron chi connectivity index (χ1n) is 28.8. The van der Waals surface area contributed by atoms with E-state index in [0.717, 1.165) is 96.1 Å². The van der Waals surface area contributed by atoms with Crippen molar-refractivity contribution in [2.45, 2.75) is 104 Å². The molecule has 0 N–H and O–H groups in total. The molecule has 0 fully saturated rings. The number of nitrogens with zero attached hydrogens (tertiary/aromatic N) is 4. The molecule has 0 bridgehead atoms. The Balaban J connectivity index is 1.08. The van der Waals surface area contributed by atoms with Gasteiger partial charge in [-0.25, -0.2) is 4.98 Å². The fourth-order valence-electron chi connectivity index (χ4n) is 11.9. The molecule has 4 heterocycles. The summed E-state index contributed by atoms with van der Waals surface area (Å²) in [5.74, 6) is 2.14. The van der Waals surface area contributed by atoms with E-state index in [4.69, 9.17) is 13.8 Å². The van der Waals surface area contributed by atoms with Gasteiger partial charge in [0.2, 0.25) is 0 Å². The molecule has 11 aromatic rings. The van der Waals surface area contributed by atoms with Gasteiger partial charge in [-0.15, -0.1) is 0 Å². The molecule has 0 saturated heterocycles. The van der Waals surface area contributed by atoms with Crippen LogP contribution < -0.4 is 9.30 Å². The summed E-state index contributed by atoms with van der Waals surface area (Å²) in [6.07, 6.45) is 7.88. The molecule has 8 aromatic carbocycles. The van der Waals surface area contributed by atoms with Gasteiger partial charge in [0.05, 0.1) is 40.3 Å². The maximum absolute atomic E-state index is 9.49. The number of para-hydroxylation sites is 2. The Morgan fingerprint density at radius 3 is 1.91 bits per heavy atom. The van der Waals surface area contributed by atoms with Crippen molar-refractivity contribution in [1.82, 2.24) is 14.1 Å². The van der Waals surface area contributed by atoms with Gasteiger partial charge >= 0.3 is 0 Å². The summed E-state index contributed by atoms with van der Waals surface area (Å²) in [5, 5.41) is 2.23. The van der Waals surface area contributed by atoms with E-state index >= 15 is 0 Å². The highest BCUT2D eigenvalue weighted by Crippen LogP contribution is 2.53. The van der Waals surface area contributed by atoms with Gasteiger partial charge in [0.25, 0.3) is 6.33 Å². The number of hydrogen-bond donors (Lipinski definition) is 0. The summed E-state index contributed by atoms with van der Waals surface area (Å²) in [6, 6.07) is 49.5. The first-order valence-corrected chi connectivity index (χ1v) is 26.3. The number of rotatable bonds is 5. The number of pyridine rings is 1. The molecule has 0 spiro atoms. The lowest BCUT2D eigenvalue weighted by atomic mass is 9.62. The molecule has 0 saturated carbocycles. The molecule has 370 valence electrons. The van der Waals surface area contributed by atoms with Gasteiger partial charge in [-0.3, -0.25) is 13.7 Å². The SMILES string of the molecule is [2H]c1c([2H])c([2H])c(-c2cccc3c2-[n+]2[c-]n(-c4cccc(Oc5ccc6c7ccccc7n(-c7cc(C(C)(C)C)ccn7)c6c5)c4)c4cc(C(C)(C)C)cc(c42)-c2ccccc2-c2cc4c(cc2-3)C(C)(C)CCC4(C)C)c([2H])c1[2H]. The molecular weight excluding hydrogens is 913 g/mol. The van der Waals surface area contributed by atoms with Crippen molar-refractivity contribution in [3.63, 3.8) is 0 Å². The minimum absolute atomic E-state index is 0.0661. The summed E-state index contributed by atoms with van der Waals surface area (Å²) in [4.78, 5) is 4.92. The monoisotopic (exact) mass is 982 g/mol. The maximum atomic E-state index is 9.49. The van der Waals surface area contributed by atoms with Crippen LogP contribution in [-0.4, -0.2) is 14.1 Å². The van der Waals surface area contributed by atoms with E-state index in [-0.39, 0.29) is 51.4 Å². The van der Waals surface area contributed by atoms with E-state index in [2.05, 4.69) is 198 Å². The van der Waals surface area contributed by atoms with Crippen molar-refractivity contribution >= 4 is 32.8 Å². The van der Waals surface area contributed by atoms with Gasteiger partial charge in [0, 0.05) is 23.0 Å². The predicted molar refractivity (Wildman–Crippen MR) is 310 cm³/mol. The second-order valence-electron chi connectivity index (χ2n) is 24.2. The van der Waals surface area contributed by atoms with Crippen molar-refractivity contribution in [3.8, 4) is 73.2 Å². The van der Waals surface area contributed by atoms with E-state index in [9.17, 15) is 2.74 Å². The minimum Gasteiger partial charge on any atom is -0.458 e. The smallest absolute Gasteiger partial charge is 0.269 e. The van der Waals surface area contributed by atoms with Gasteiger partial charge in [-0.1, -0.05) is 178 Å². The molecule has 1 aliphatic heterocycles. The van der Waals surface area contributed by atoms with Crippen molar-refractivity contribution in [2.24, 2.45) is 0 Å². The Labute approximate surface area is 448 Å². The van der Waals surface area contributed by atoms with Crippen LogP contribution in [0, 0.1) is 6.33 Å². The van der Waals surface area contributed by atoms with Crippen molar-refractivity contribution < 1.29 is 16.2 Å². The Hall–Kier alpha value is -8.02. The van der Waals surface area contributed by atoms with Crippen LogP contribution >= 0.6 is 0 Å². The van der Waals surface area contributed by atoms with Crippen LogP contribution in [0.15, 0.2) is 182 Å². The second-order valence-corrected chi connectivity index (χ2v) is 24.2. The van der Waals surface area contributed by atoms with Crippen LogP contribution in [0.3, 0.4) is 0 Å². The van der Waals surface area contributed by atoms with Gasteiger partial charge in [-0.2, -0.15) is 0 Å². The van der Waals surface area contributed by atoms with E-state index in [1.165, 1.54) is 16.7 Å². The van der Waals surface area contributed by atoms with Crippen LogP contribution in [0.25, 0.3) is 94.5 Å². The highest BCUT2D eigenvalue weighted by atomic mass is 16.5. The quantitative estimate of drug-likeness (QED) is 0.127. The first kappa shape index (κ1) is 41.3. The molecular formula is C70H64N4O. The Bertz CT molecular complexity index is 4400. The normalized spacial score (nSPS) is 15.6. The molecule has 13 rings (SSSR count). The molecule has 2 aliphatic rings. The van der Waals surface area contributed by atoms with Crippen LogP contribution in [0.1, 0.15) is 111 Å². The minimum atomic E-state index is -0.434. The number of fused-ring (bicyclic) bond motifs is 11. The summed E-state index contributed by atoms with van der Waals surface area (Å²) >= 11 is 0. The lowest BCUT2D eigenvalue weighted by molar-refractivity contribution is -0.570. The number of hydrogen-bond acceptors (Lipinski definition) is 2. The summed E-state index contributed by atoms with van der Waals surface area (Å²) in [7, 11) is 0. The lowest BCUT2D eigenvalue weighted by Gasteiger charge is -2.42. The summed E-state index contributed by atoms with van der Waals surface area (Å²) in [5.41, 5.74) is 16.3. The molecule has 5 heteroatoms. The average Bonchev–Trinajstić information content (AvgIpc) is 4.04. The topological polar surface area (TPSA) is 35.9 Å². The van der Waals surface area contributed by atoms with Gasteiger partial charge in [0.15, 0.2) is 0 Å². The maximum Gasteiger partial charge on any atom is 0.269 e. The van der Waals surface area contributed by atoms with E-state index < -0.39 is 6.04 Å². The van der Waals surface area contributed by atoms with Crippen LogP contribution in [0.4, 0.5) is 0 Å². The van der Waals surface area contributed by atoms with Crippen LogP contribution in [0.2, 0.25) is 0 Å². The van der Waals surface area contributed by atoms with Gasteiger partial charge in [-0.05, 0) is 162 Å².